The van der Waals surface area contributed by atoms with Gasteiger partial charge in [0.15, 0.2) is 0 Å². The number of unbranched alkanes of at least 4 members (excludes halogenated alkanes) is 1. The molecule has 0 amide bonds. The first-order chi connectivity index (χ1) is 7.72. The van der Waals surface area contributed by atoms with Crippen LogP contribution in [0.4, 0.5) is 0 Å². The summed E-state index contributed by atoms with van der Waals surface area (Å²) in [6.45, 7) is 3.92. The molecule has 0 aromatic heterocycles. The van der Waals surface area contributed by atoms with Crippen LogP contribution in [0.15, 0.2) is 24.3 Å². The van der Waals surface area contributed by atoms with Crippen LogP contribution >= 0.6 is 11.6 Å². The molecule has 0 radical (unpaired) electrons. The molecule has 3 N–H and O–H groups in total. The lowest BCUT2D eigenvalue weighted by Gasteiger charge is -2.12. The molecule has 1 atom stereocenters. The smallest absolute Gasteiger partial charge is 0.0406 e. The van der Waals surface area contributed by atoms with Gasteiger partial charge in [-0.25, -0.2) is 0 Å². The molecule has 16 heavy (non-hydrogen) atoms. The van der Waals surface area contributed by atoms with Gasteiger partial charge < -0.3 is 11.1 Å². The van der Waals surface area contributed by atoms with Crippen molar-refractivity contribution in [1.29, 1.82) is 0 Å². The molecule has 0 aliphatic rings. The van der Waals surface area contributed by atoms with E-state index in [0.717, 1.165) is 24.5 Å². The molecule has 0 aliphatic heterocycles. The van der Waals surface area contributed by atoms with Crippen molar-refractivity contribution in [2.45, 2.75) is 38.8 Å². The molecule has 3 heteroatoms. The first-order valence-corrected chi connectivity index (χ1v) is 6.31. The summed E-state index contributed by atoms with van der Waals surface area (Å²) in [6, 6.07) is 8.16. The number of nitrogens with one attached hydrogen (secondary N) is 1. The highest BCUT2D eigenvalue weighted by molar-refractivity contribution is 6.30. The third-order valence-electron chi connectivity index (χ3n) is 2.58. The highest BCUT2D eigenvalue weighted by Crippen LogP contribution is 2.09. The molecule has 1 unspecified atom stereocenters. The van der Waals surface area contributed by atoms with Gasteiger partial charge in [-0.1, -0.05) is 43.5 Å². The lowest BCUT2D eigenvalue weighted by atomic mass is 10.1. The fourth-order valence-corrected chi connectivity index (χ4v) is 1.70. The zero-order valence-electron chi connectivity index (χ0n) is 9.88. The van der Waals surface area contributed by atoms with E-state index < -0.39 is 0 Å². The standard InChI is InChI=1S/C13H21ClN2/c1-2-3-4-13(15)10-16-9-11-5-7-12(14)8-6-11/h5-8,13,16H,2-4,9-10,15H2,1H3. The molecule has 90 valence electrons. The van der Waals surface area contributed by atoms with E-state index in [4.69, 9.17) is 17.3 Å². The van der Waals surface area contributed by atoms with Crippen molar-refractivity contribution in [3.63, 3.8) is 0 Å². The van der Waals surface area contributed by atoms with Crippen LogP contribution in [0.1, 0.15) is 31.7 Å². The molecule has 0 bridgehead atoms. The van der Waals surface area contributed by atoms with Crippen molar-refractivity contribution in [3.05, 3.63) is 34.9 Å². The van der Waals surface area contributed by atoms with Crippen LogP contribution in [0.5, 0.6) is 0 Å². The second kappa shape index (κ2) is 7.66. The number of hydrogen-bond donors (Lipinski definition) is 2. The highest BCUT2D eigenvalue weighted by Gasteiger charge is 2.00. The molecule has 0 heterocycles. The molecule has 0 aliphatic carbocycles. The summed E-state index contributed by atoms with van der Waals surface area (Å²) in [5, 5.41) is 4.14. The first-order valence-electron chi connectivity index (χ1n) is 5.93. The predicted molar refractivity (Wildman–Crippen MR) is 70.7 cm³/mol. The van der Waals surface area contributed by atoms with Crippen molar-refractivity contribution in [1.82, 2.24) is 5.32 Å². The van der Waals surface area contributed by atoms with Gasteiger partial charge in [-0.3, -0.25) is 0 Å². The molecule has 1 aromatic carbocycles. The Hall–Kier alpha value is -0.570. The summed E-state index contributed by atoms with van der Waals surface area (Å²) in [6.07, 6.45) is 3.53. The average Bonchev–Trinajstić information content (AvgIpc) is 2.29. The van der Waals surface area contributed by atoms with E-state index in [1.807, 2.05) is 24.3 Å². The van der Waals surface area contributed by atoms with E-state index in [-0.39, 0.29) is 6.04 Å². The van der Waals surface area contributed by atoms with Crippen molar-refractivity contribution in [2.24, 2.45) is 5.73 Å². The first kappa shape index (κ1) is 13.5. The lowest BCUT2D eigenvalue weighted by Crippen LogP contribution is -2.33. The summed E-state index contributed by atoms with van der Waals surface area (Å²) in [5.41, 5.74) is 7.21. The van der Waals surface area contributed by atoms with Gasteiger partial charge in [0.1, 0.15) is 0 Å². The molecule has 1 rings (SSSR count). The monoisotopic (exact) mass is 240 g/mol. The highest BCUT2D eigenvalue weighted by atomic mass is 35.5. The number of rotatable bonds is 7. The van der Waals surface area contributed by atoms with Crippen LogP contribution in [0.25, 0.3) is 0 Å². The fraction of sp³-hybridized carbons (Fsp3) is 0.538. The quantitative estimate of drug-likeness (QED) is 0.769. The normalized spacial score (nSPS) is 12.7. The molecule has 0 saturated heterocycles. The summed E-state index contributed by atoms with van der Waals surface area (Å²) in [7, 11) is 0. The van der Waals surface area contributed by atoms with Crippen molar-refractivity contribution in [2.75, 3.05) is 6.54 Å². The summed E-state index contributed by atoms with van der Waals surface area (Å²) in [5.74, 6) is 0. The second-order valence-corrected chi connectivity index (χ2v) is 4.60. The van der Waals surface area contributed by atoms with Gasteiger partial charge in [0.05, 0.1) is 0 Å². The van der Waals surface area contributed by atoms with Crippen molar-refractivity contribution < 1.29 is 0 Å². The van der Waals surface area contributed by atoms with Crippen LogP contribution in [0.2, 0.25) is 5.02 Å². The molecule has 1 aromatic rings. The fourth-order valence-electron chi connectivity index (χ4n) is 1.57. The third kappa shape index (κ3) is 5.50. The summed E-state index contributed by atoms with van der Waals surface area (Å²) < 4.78 is 0. The van der Waals surface area contributed by atoms with E-state index in [2.05, 4.69) is 12.2 Å². The molecular formula is C13H21ClN2. The van der Waals surface area contributed by atoms with Crippen LogP contribution in [0.3, 0.4) is 0 Å². The largest absolute Gasteiger partial charge is 0.327 e. The van der Waals surface area contributed by atoms with Gasteiger partial charge in [-0.15, -0.1) is 0 Å². The number of benzene rings is 1. The third-order valence-corrected chi connectivity index (χ3v) is 2.83. The number of hydrogen-bond acceptors (Lipinski definition) is 2. The predicted octanol–water partition coefficient (Wildman–Crippen LogP) is 2.95. The van der Waals surface area contributed by atoms with E-state index in [9.17, 15) is 0 Å². The molecule has 0 fully saturated rings. The minimum atomic E-state index is 0.271. The molecule has 0 saturated carbocycles. The maximum absolute atomic E-state index is 5.96. The van der Waals surface area contributed by atoms with E-state index in [1.165, 1.54) is 18.4 Å². The maximum Gasteiger partial charge on any atom is 0.0406 e. The van der Waals surface area contributed by atoms with Crippen molar-refractivity contribution in [3.8, 4) is 0 Å². The van der Waals surface area contributed by atoms with Crippen LogP contribution in [0, 0.1) is 0 Å². The van der Waals surface area contributed by atoms with Gasteiger partial charge in [0.2, 0.25) is 0 Å². The minimum Gasteiger partial charge on any atom is -0.327 e. The van der Waals surface area contributed by atoms with Gasteiger partial charge in [-0.2, -0.15) is 0 Å². The Bertz CT molecular complexity index is 284. The summed E-state index contributed by atoms with van der Waals surface area (Å²) in [4.78, 5) is 0. The Morgan fingerprint density at radius 3 is 2.62 bits per heavy atom. The zero-order valence-corrected chi connectivity index (χ0v) is 10.6. The van der Waals surface area contributed by atoms with Gasteiger partial charge in [0, 0.05) is 24.2 Å². The van der Waals surface area contributed by atoms with E-state index in [0.29, 0.717) is 0 Å². The average molecular weight is 241 g/mol. The van der Waals surface area contributed by atoms with E-state index in [1.54, 1.807) is 0 Å². The van der Waals surface area contributed by atoms with Crippen molar-refractivity contribution >= 4 is 11.6 Å². The van der Waals surface area contributed by atoms with Gasteiger partial charge >= 0.3 is 0 Å². The Kier molecular flexibility index (Phi) is 6.46. The Balaban J connectivity index is 2.17. The zero-order chi connectivity index (χ0) is 11.8. The second-order valence-electron chi connectivity index (χ2n) is 4.16. The van der Waals surface area contributed by atoms with Crippen LogP contribution in [-0.2, 0) is 6.54 Å². The van der Waals surface area contributed by atoms with Gasteiger partial charge in [0.25, 0.3) is 0 Å². The van der Waals surface area contributed by atoms with Crippen LogP contribution < -0.4 is 11.1 Å². The Morgan fingerprint density at radius 1 is 1.31 bits per heavy atom. The SMILES string of the molecule is CCCCC(N)CNCc1ccc(Cl)cc1. The van der Waals surface area contributed by atoms with E-state index >= 15 is 0 Å². The maximum atomic E-state index is 5.96. The number of nitrogens with two attached hydrogens (primary N) is 1. The lowest BCUT2D eigenvalue weighted by molar-refractivity contribution is 0.524. The Morgan fingerprint density at radius 2 is 2.00 bits per heavy atom. The molecular weight excluding hydrogens is 220 g/mol. The minimum absolute atomic E-state index is 0.271. The topological polar surface area (TPSA) is 38.0 Å². The molecule has 2 nitrogen and oxygen atoms in total. The van der Waals surface area contributed by atoms with Gasteiger partial charge in [-0.05, 0) is 24.1 Å². The molecule has 0 spiro atoms. The van der Waals surface area contributed by atoms with Crippen LogP contribution in [-0.4, -0.2) is 12.6 Å². The number of halogens is 1. The summed E-state index contributed by atoms with van der Waals surface area (Å²) >= 11 is 5.81. The Labute approximate surface area is 103 Å².